The summed E-state index contributed by atoms with van der Waals surface area (Å²) in [5, 5.41) is 3.33. The Bertz CT molecular complexity index is 1830. The zero-order valence-corrected chi connectivity index (χ0v) is 32.6. The van der Waals surface area contributed by atoms with Gasteiger partial charge in [-0.2, -0.15) is 0 Å². The van der Waals surface area contributed by atoms with Crippen molar-refractivity contribution < 1.29 is 18.8 Å². The minimum absolute atomic E-state index is 0.143. The molecule has 0 spiro atoms. The number of benzene rings is 4. The Balaban J connectivity index is 1.54. The Morgan fingerprint density at radius 3 is 1.98 bits per heavy atom. The Hall–Kier alpha value is -3.68. The number of esters is 1. The van der Waals surface area contributed by atoms with Gasteiger partial charge in [-0.3, -0.25) is 4.79 Å². The normalized spacial score (nSPS) is 21.6. The number of piperidine rings is 1. The van der Waals surface area contributed by atoms with Gasteiger partial charge in [0.1, 0.15) is 0 Å². The van der Waals surface area contributed by atoms with E-state index in [2.05, 4.69) is 81.9 Å². The van der Waals surface area contributed by atoms with Crippen molar-refractivity contribution in [2.75, 3.05) is 13.7 Å². The molecule has 4 atom stereocenters. The van der Waals surface area contributed by atoms with Crippen LogP contribution in [0.1, 0.15) is 70.0 Å². The summed E-state index contributed by atoms with van der Waals surface area (Å²) in [4.78, 5) is 30.6. The van der Waals surface area contributed by atoms with E-state index in [0.29, 0.717) is 23.1 Å². The topological polar surface area (TPSA) is 55.8 Å². The molecule has 0 radical (unpaired) electrons. The number of hydrogen-bond acceptors (Lipinski definition) is 4. The third kappa shape index (κ3) is 7.08. The standard InChI is InChI=1S/C43H47Cl2NO4Si/c1-29(40(47)49-6)43(5)27-37(32-14-13-15-34(45)26-32)39(31-22-24-33(44)25-23-31)46(41(43)48)38(30-20-21-30)28-50-51(42(2,3)4,35-16-9-7-10-17-35)36-18-11-8-12-19-36/h7-19,22-26,30,37-39H,1,20-21,27-28H2,2-6H3/t37?,38?,39-,43-/m1/s1. The van der Waals surface area contributed by atoms with Crippen molar-refractivity contribution in [2.45, 2.75) is 70.0 Å². The summed E-state index contributed by atoms with van der Waals surface area (Å²) < 4.78 is 12.8. The highest BCUT2D eigenvalue weighted by molar-refractivity contribution is 6.99. The van der Waals surface area contributed by atoms with E-state index < -0.39 is 19.7 Å². The smallest absolute Gasteiger partial charge is 0.334 e. The highest BCUT2D eigenvalue weighted by Crippen LogP contribution is 2.55. The summed E-state index contributed by atoms with van der Waals surface area (Å²) in [6.45, 7) is 13.1. The first kappa shape index (κ1) is 37.1. The van der Waals surface area contributed by atoms with Gasteiger partial charge in [0.05, 0.1) is 31.2 Å². The summed E-state index contributed by atoms with van der Waals surface area (Å²) in [6.07, 6.45) is 2.29. The lowest BCUT2D eigenvalue weighted by Gasteiger charge is -2.53. The van der Waals surface area contributed by atoms with Crippen molar-refractivity contribution >= 4 is 53.8 Å². The summed E-state index contributed by atoms with van der Waals surface area (Å²) in [7, 11) is -1.63. The molecule has 0 N–H and O–H groups in total. The maximum Gasteiger partial charge on any atom is 0.334 e. The van der Waals surface area contributed by atoms with E-state index in [-0.39, 0.29) is 40.4 Å². The number of amides is 1. The second kappa shape index (κ2) is 14.7. The number of rotatable bonds is 11. The van der Waals surface area contributed by atoms with Crippen molar-refractivity contribution in [1.82, 2.24) is 4.90 Å². The average Bonchev–Trinajstić information content (AvgIpc) is 3.97. The van der Waals surface area contributed by atoms with Gasteiger partial charge in [-0.05, 0) is 82.9 Å². The van der Waals surface area contributed by atoms with Crippen LogP contribution in [0.5, 0.6) is 0 Å². The van der Waals surface area contributed by atoms with Crippen LogP contribution in [0, 0.1) is 11.3 Å². The fraction of sp³-hybridized carbons (Fsp3) is 0.349. The van der Waals surface area contributed by atoms with E-state index >= 15 is 4.79 Å². The maximum atomic E-state index is 15.4. The molecule has 2 unspecified atom stereocenters. The Morgan fingerprint density at radius 1 is 0.882 bits per heavy atom. The summed E-state index contributed by atoms with van der Waals surface area (Å²) in [6, 6.07) is 36.1. The zero-order chi connectivity index (χ0) is 36.6. The van der Waals surface area contributed by atoms with Crippen LogP contribution in [0.25, 0.3) is 0 Å². The predicted molar refractivity (Wildman–Crippen MR) is 209 cm³/mol. The molecule has 1 aliphatic heterocycles. The highest BCUT2D eigenvalue weighted by Gasteiger charge is 2.57. The quantitative estimate of drug-likeness (QED) is 0.0875. The molecule has 0 bridgehead atoms. The molecule has 1 aliphatic carbocycles. The first-order valence-corrected chi connectivity index (χ1v) is 20.3. The number of carbonyl (C=O) groups is 2. The van der Waals surface area contributed by atoms with Crippen LogP contribution >= 0.6 is 23.2 Å². The van der Waals surface area contributed by atoms with E-state index in [9.17, 15) is 4.79 Å². The number of likely N-dealkylation sites (tertiary alicyclic amines) is 1. The summed E-state index contributed by atoms with van der Waals surface area (Å²) in [5.41, 5.74) is 0.836. The molecule has 4 aromatic carbocycles. The van der Waals surface area contributed by atoms with Gasteiger partial charge in [-0.25, -0.2) is 4.79 Å². The van der Waals surface area contributed by atoms with Crippen LogP contribution in [0.4, 0.5) is 0 Å². The van der Waals surface area contributed by atoms with Crippen molar-refractivity contribution in [3.63, 3.8) is 0 Å². The Labute approximate surface area is 313 Å². The molecule has 1 saturated heterocycles. The van der Waals surface area contributed by atoms with Gasteiger partial charge in [0.25, 0.3) is 8.32 Å². The minimum Gasteiger partial charge on any atom is -0.466 e. The van der Waals surface area contributed by atoms with Crippen LogP contribution < -0.4 is 10.4 Å². The highest BCUT2D eigenvalue weighted by atomic mass is 35.5. The van der Waals surface area contributed by atoms with Gasteiger partial charge < -0.3 is 14.1 Å². The number of nitrogens with zero attached hydrogens (tertiary/aromatic N) is 1. The predicted octanol–water partition coefficient (Wildman–Crippen LogP) is 9.14. The van der Waals surface area contributed by atoms with E-state index in [0.717, 1.165) is 24.0 Å². The van der Waals surface area contributed by atoms with Gasteiger partial charge >= 0.3 is 5.97 Å². The third-order valence-corrected chi connectivity index (χ3v) is 16.5. The molecule has 8 heteroatoms. The molecule has 5 nitrogen and oxygen atoms in total. The largest absolute Gasteiger partial charge is 0.466 e. The molecule has 2 aliphatic rings. The lowest BCUT2D eigenvalue weighted by Crippen LogP contribution is -2.68. The first-order valence-electron chi connectivity index (χ1n) is 17.7. The van der Waals surface area contributed by atoms with E-state index in [1.54, 1.807) is 0 Å². The third-order valence-electron chi connectivity index (χ3n) is 11.0. The second-order valence-corrected chi connectivity index (χ2v) is 20.4. The van der Waals surface area contributed by atoms with E-state index in [1.165, 1.54) is 17.5 Å². The monoisotopic (exact) mass is 739 g/mol. The van der Waals surface area contributed by atoms with Gasteiger partial charge in [0.15, 0.2) is 0 Å². The van der Waals surface area contributed by atoms with Crippen molar-refractivity contribution in [3.8, 4) is 0 Å². The first-order chi connectivity index (χ1) is 24.3. The van der Waals surface area contributed by atoms with E-state index in [1.807, 2.05) is 66.4 Å². The van der Waals surface area contributed by atoms with Gasteiger partial charge in [-0.1, -0.05) is 135 Å². The van der Waals surface area contributed by atoms with Gasteiger partial charge in [0.2, 0.25) is 5.91 Å². The SMILES string of the molecule is C=C(C(=O)OC)[C@@]1(C)CC(c2cccc(Cl)c2)[C@@H](c2ccc(Cl)cc2)N(C(CO[Si](c2ccccc2)(c2ccccc2)C(C)(C)C)C2CC2)C1=O. The molecular formula is C43H47Cl2NO4Si. The van der Waals surface area contributed by atoms with Crippen molar-refractivity contribution in [1.29, 1.82) is 0 Å². The second-order valence-electron chi connectivity index (χ2n) is 15.3. The molecule has 2 fully saturated rings. The molecule has 266 valence electrons. The Kier molecular flexibility index (Phi) is 10.7. The molecule has 1 heterocycles. The fourth-order valence-electron chi connectivity index (χ4n) is 8.19. The number of carbonyl (C=O) groups excluding carboxylic acids is 2. The summed E-state index contributed by atoms with van der Waals surface area (Å²) in [5.74, 6) is -0.759. The lowest BCUT2D eigenvalue weighted by atomic mass is 9.65. The van der Waals surface area contributed by atoms with E-state index in [4.69, 9.17) is 32.4 Å². The van der Waals surface area contributed by atoms with Crippen LogP contribution in [-0.2, 0) is 18.8 Å². The molecule has 1 saturated carbocycles. The number of ether oxygens (including phenoxy) is 1. The van der Waals surface area contributed by atoms with Gasteiger partial charge in [0, 0.05) is 21.5 Å². The molecule has 1 amide bonds. The van der Waals surface area contributed by atoms with Crippen molar-refractivity contribution in [2.24, 2.45) is 11.3 Å². The molecule has 0 aromatic heterocycles. The van der Waals surface area contributed by atoms with Crippen LogP contribution in [-0.4, -0.2) is 44.9 Å². The van der Waals surface area contributed by atoms with Crippen LogP contribution in [0.15, 0.2) is 121 Å². The lowest BCUT2D eigenvalue weighted by molar-refractivity contribution is -0.157. The summed E-state index contributed by atoms with van der Waals surface area (Å²) >= 11 is 13.1. The number of hydrogen-bond donors (Lipinski definition) is 0. The van der Waals surface area contributed by atoms with Crippen LogP contribution in [0.3, 0.4) is 0 Å². The minimum atomic E-state index is -2.96. The van der Waals surface area contributed by atoms with Gasteiger partial charge in [-0.15, -0.1) is 0 Å². The molecule has 6 rings (SSSR count). The molecule has 51 heavy (non-hydrogen) atoms. The molecular weight excluding hydrogens is 693 g/mol. The fourth-order valence-corrected chi connectivity index (χ4v) is 13.1. The van der Waals surface area contributed by atoms with Crippen LogP contribution in [0.2, 0.25) is 15.1 Å². The maximum absolute atomic E-state index is 15.4. The zero-order valence-electron chi connectivity index (χ0n) is 30.1. The van der Waals surface area contributed by atoms with Crippen molar-refractivity contribution in [3.05, 3.63) is 143 Å². The molecule has 4 aromatic rings. The number of methoxy groups -OCH3 is 1. The number of halogens is 2. The Morgan fingerprint density at radius 2 is 1.47 bits per heavy atom. The average molecular weight is 741 g/mol.